The zero-order valence-corrected chi connectivity index (χ0v) is 23.3. The van der Waals surface area contributed by atoms with E-state index in [9.17, 15) is 10.1 Å². The summed E-state index contributed by atoms with van der Waals surface area (Å²) >= 11 is 0. The molecule has 3 aliphatic carbocycles. The lowest BCUT2D eigenvalue weighted by Gasteiger charge is -2.50. The Morgan fingerprint density at radius 3 is 2.41 bits per heavy atom. The molecule has 4 N–H and O–H groups in total. The maximum atomic E-state index is 12.4. The molecule has 7 heteroatoms. The van der Waals surface area contributed by atoms with E-state index in [2.05, 4.69) is 53.3 Å². The molecular weight excluding hydrogens is 460 g/mol. The first-order chi connectivity index (χ1) is 17.8. The minimum Gasteiger partial charge on any atom is -0.352 e. The van der Waals surface area contributed by atoms with Crippen molar-refractivity contribution in [2.45, 2.75) is 102 Å². The van der Waals surface area contributed by atoms with Gasteiger partial charge in [0.2, 0.25) is 5.91 Å². The third kappa shape index (κ3) is 5.21. The Hall–Kier alpha value is -1.20. The maximum Gasteiger partial charge on any atom is 0.223 e. The lowest BCUT2D eigenvalue weighted by atomic mass is 9.60. The van der Waals surface area contributed by atoms with E-state index in [4.69, 9.17) is 0 Å². The molecule has 0 aromatic carbocycles. The van der Waals surface area contributed by atoms with Gasteiger partial charge < -0.3 is 16.0 Å². The van der Waals surface area contributed by atoms with Gasteiger partial charge in [-0.1, -0.05) is 0 Å². The average Bonchev–Trinajstić information content (AvgIpc) is 3.71. The van der Waals surface area contributed by atoms with Crippen molar-refractivity contribution in [3.8, 4) is 6.07 Å². The summed E-state index contributed by atoms with van der Waals surface area (Å²) in [5, 5.41) is 23.2. The summed E-state index contributed by atoms with van der Waals surface area (Å²) in [5.41, 5.74) is 3.69. The van der Waals surface area contributed by atoms with Crippen molar-refractivity contribution < 1.29 is 4.79 Å². The Kier molecular flexibility index (Phi) is 7.33. The molecule has 6 aliphatic rings. The number of hydrazine groups is 1. The van der Waals surface area contributed by atoms with E-state index in [-0.39, 0.29) is 5.41 Å². The SMILES string of the molecule is CN1NC2CNC3CCC(C4CNCC(NC(=O)C5CC5)C4)CC3C2C1C1CCC(C(C)(C)C#N)CC1. The second-order valence-electron chi connectivity index (χ2n) is 14.2. The van der Waals surface area contributed by atoms with E-state index < -0.39 is 0 Å². The van der Waals surface area contributed by atoms with Gasteiger partial charge in [0.05, 0.1) is 11.5 Å². The van der Waals surface area contributed by atoms with E-state index in [1.165, 1.54) is 44.9 Å². The largest absolute Gasteiger partial charge is 0.352 e. The Bertz CT molecular complexity index is 874. The fraction of sp³-hybridized carbons (Fsp3) is 0.933. The molecule has 3 aliphatic heterocycles. The van der Waals surface area contributed by atoms with Gasteiger partial charge in [-0.15, -0.1) is 0 Å². The van der Waals surface area contributed by atoms with Crippen LogP contribution in [0.15, 0.2) is 0 Å². The molecule has 0 aromatic heterocycles. The lowest BCUT2D eigenvalue weighted by Crippen LogP contribution is -2.59. The van der Waals surface area contributed by atoms with Gasteiger partial charge in [0, 0.05) is 50.2 Å². The molecule has 0 radical (unpaired) electrons. The summed E-state index contributed by atoms with van der Waals surface area (Å²) in [6.07, 6.45) is 12.2. The zero-order valence-electron chi connectivity index (χ0n) is 23.3. The van der Waals surface area contributed by atoms with Crippen molar-refractivity contribution in [3.05, 3.63) is 0 Å². The van der Waals surface area contributed by atoms with Crippen LogP contribution in [-0.4, -0.2) is 61.8 Å². The van der Waals surface area contributed by atoms with Crippen molar-refractivity contribution in [1.29, 1.82) is 5.26 Å². The van der Waals surface area contributed by atoms with Crippen LogP contribution in [0.5, 0.6) is 0 Å². The number of carbonyl (C=O) groups excluding carboxylic acids is 1. The average molecular weight is 511 g/mol. The molecule has 0 bridgehead atoms. The Morgan fingerprint density at radius 1 is 0.919 bits per heavy atom. The van der Waals surface area contributed by atoms with Crippen LogP contribution < -0.4 is 21.4 Å². The molecule has 6 fully saturated rings. The third-order valence-corrected chi connectivity index (χ3v) is 11.6. The summed E-state index contributed by atoms with van der Waals surface area (Å²) in [4.78, 5) is 12.4. The zero-order chi connectivity index (χ0) is 25.7. The fourth-order valence-electron chi connectivity index (χ4n) is 9.30. The Balaban J connectivity index is 1.12. The lowest BCUT2D eigenvalue weighted by molar-refractivity contribution is -0.123. The Morgan fingerprint density at radius 2 is 1.68 bits per heavy atom. The second kappa shape index (κ2) is 10.4. The molecule has 0 aromatic rings. The van der Waals surface area contributed by atoms with Crippen LogP contribution in [0.1, 0.15) is 78.1 Å². The van der Waals surface area contributed by atoms with Gasteiger partial charge in [-0.2, -0.15) is 5.26 Å². The van der Waals surface area contributed by atoms with Crippen LogP contribution in [0, 0.1) is 58.2 Å². The van der Waals surface area contributed by atoms with Crippen molar-refractivity contribution in [3.63, 3.8) is 0 Å². The first kappa shape index (κ1) is 26.0. The molecule has 6 rings (SSSR count). The van der Waals surface area contributed by atoms with Gasteiger partial charge in [-0.25, -0.2) is 5.01 Å². The molecule has 206 valence electrons. The minimum atomic E-state index is -0.201. The molecule has 8 atom stereocenters. The van der Waals surface area contributed by atoms with E-state index in [1.54, 1.807) is 0 Å². The monoisotopic (exact) mass is 510 g/mol. The topological polar surface area (TPSA) is 92.2 Å². The molecule has 1 amide bonds. The number of fused-ring (bicyclic) bond motifs is 3. The number of rotatable bonds is 5. The number of hydrogen-bond donors (Lipinski definition) is 4. The van der Waals surface area contributed by atoms with Gasteiger partial charge in [0.25, 0.3) is 0 Å². The third-order valence-electron chi connectivity index (χ3n) is 11.6. The highest BCUT2D eigenvalue weighted by Gasteiger charge is 2.54. The predicted octanol–water partition coefficient (Wildman–Crippen LogP) is 3.04. The molecule has 8 unspecified atom stereocenters. The van der Waals surface area contributed by atoms with E-state index in [1.807, 2.05) is 0 Å². The van der Waals surface area contributed by atoms with Crippen LogP contribution in [0.3, 0.4) is 0 Å². The highest BCUT2D eigenvalue weighted by Crippen LogP contribution is 2.49. The summed E-state index contributed by atoms with van der Waals surface area (Å²) in [7, 11) is 2.29. The summed E-state index contributed by atoms with van der Waals surface area (Å²) in [6.45, 7) is 7.41. The highest BCUT2D eigenvalue weighted by molar-refractivity contribution is 5.81. The predicted molar refractivity (Wildman–Crippen MR) is 145 cm³/mol. The van der Waals surface area contributed by atoms with E-state index >= 15 is 0 Å². The van der Waals surface area contributed by atoms with Gasteiger partial charge in [-0.05, 0) is 120 Å². The molecular formula is C30H50N6O. The molecule has 3 saturated heterocycles. The summed E-state index contributed by atoms with van der Waals surface area (Å²) in [6, 6.07) is 4.70. The van der Waals surface area contributed by atoms with Gasteiger partial charge in [-0.3, -0.25) is 10.2 Å². The van der Waals surface area contributed by atoms with Gasteiger partial charge in [0.1, 0.15) is 0 Å². The van der Waals surface area contributed by atoms with Crippen molar-refractivity contribution in [2.24, 2.45) is 46.8 Å². The number of nitrogens with zero attached hydrogens (tertiary/aromatic N) is 2. The van der Waals surface area contributed by atoms with Crippen LogP contribution in [0.4, 0.5) is 0 Å². The van der Waals surface area contributed by atoms with Gasteiger partial charge >= 0.3 is 0 Å². The van der Waals surface area contributed by atoms with E-state index in [0.29, 0.717) is 53.7 Å². The first-order valence-corrected chi connectivity index (χ1v) is 15.5. The number of piperidine rings is 2. The van der Waals surface area contributed by atoms with Crippen LogP contribution >= 0.6 is 0 Å². The first-order valence-electron chi connectivity index (χ1n) is 15.5. The standard InChI is InChI=1S/C30H50N6O/c1-30(2,17-31)22-9-6-18(7-10-22)28-27-24-13-20(8-11-25(24)33-16-26(27)35-36(28)3)21-12-23(15-32-14-21)34-29(37)19-4-5-19/h18-28,32-33,35H,4-16H2,1-3H3,(H,34,37). The van der Waals surface area contributed by atoms with E-state index in [0.717, 1.165) is 56.7 Å². The van der Waals surface area contributed by atoms with Crippen molar-refractivity contribution >= 4 is 5.91 Å². The van der Waals surface area contributed by atoms with Crippen molar-refractivity contribution in [2.75, 3.05) is 26.7 Å². The quantitative estimate of drug-likeness (QED) is 0.454. The van der Waals surface area contributed by atoms with Crippen LogP contribution in [0.25, 0.3) is 0 Å². The number of carbonyl (C=O) groups is 1. The molecule has 0 spiro atoms. The molecule has 37 heavy (non-hydrogen) atoms. The number of hydrogen-bond acceptors (Lipinski definition) is 6. The number of nitrogens with one attached hydrogen (secondary N) is 4. The van der Waals surface area contributed by atoms with Gasteiger partial charge in [0.15, 0.2) is 0 Å². The Labute approximate surface area is 224 Å². The number of nitriles is 1. The molecule has 3 saturated carbocycles. The van der Waals surface area contributed by atoms with Crippen LogP contribution in [-0.2, 0) is 4.79 Å². The highest BCUT2D eigenvalue weighted by atomic mass is 16.2. The smallest absolute Gasteiger partial charge is 0.223 e. The number of amides is 1. The van der Waals surface area contributed by atoms with Crippen molar-refractivity contribution in [1.82, 2.24) is 26.4 Å². The maximum absolute atomic E-state index is 12.4. The minimum absolute atomic E-state index is 0.201. The summed E-state index contributed by atoms with van der Waals surface area (Å²) in [5.74, 6) is 4.74. The second-order valence-corrected chi connectivity index (χ2v) is 14.2. The normalized spacial score (nSPS) is 44.9. The van der Waals surface area contributed by atoms with Crippen LogP contribution in [0.2, 0.25) is 0 Å². The fourth-order valence-corrected chi connectivity index (χ4v) is 9.30. The molecule has 7 nitrogen and oxygen atoms in total. The summed E-state index contributed by atoms with van der Waals surface area (Å²) < 4.78 is 0. The molecule has 3 heterocycles.